The lowest BCUT2D eigenvalue weighted by atomic mass is 10.1. The number of carbonyl (C=O) groups excluding carboxylic acids is 2. The molecule has 1 aliphatic heterocycles. The third kappa shape index (κ3) is 5.35. The van der Waals surface area contributed by atoms with Crippen molar-refractivity contribution in [3.05, 3.63) is 120 Å². The predicted octanol–water partition coefficient (Wildman–Crippen LogP) is 8.22. The summed E-state index contributed by atoms with van der Waals surface area (Å²) in [6.07, 6.45) is 6.64. The van der Waals surface area contributed by atoms with Crippen LogP contribution in [0.5, 0.6) is 0 Å². The lowest BCUT2D eigenvalue weighted by Gasteiger charge is -2.42. The molecule has 0 saturated carbocycles. The summed E-state index contributed by atoms with van der Waals surface area (Å²) in [6, 6.07) is 22.4. The zero-order valence-corrected chi connectivity index (χ0v) is 27.7. The second kappa shape index (κ2) is 12.1. The number of hydrogen-bond donors (Lipinski definition) is 0. The molecule has 0 bridgehead atoms. The van der Waals surface area contributed by atoms with Crippen LogP contribution in [-0.2, 0) is 14.4 Å². The highest BCUT2D eigenvalue weighted by molar-refractivity contribution is 7.90. The van der Waals surface area contributed by atoms with Crippen LogP contribution >= 0.6 is 0 Å². The van der Waals surface area contributed by atoms with Gasteiger partial charge in [0.05, 0.1) is 27.7 Å². The van der Waals surface area contributed by atoms with Gasteiger partial charge in [0, 0.05) is 17.1 Å². The molecular formula is C35H38N2O5SSi. The van der Waals surface area contributed by atoms with Gasteiger partial charge in [0.1, 0.15) is 5.76 Å². The van der Waals surface area contributed by atoms with Gasteiger partial charge in [-0.2, -0.15) is 0 Å². The summed E-state index contributed by atoms with van der Waals surface area (Å²) in [5.74, 6) is -0.432. The Kier molecular flexibility index (Phi) is 8.55. The molecule has 7 nitrogen and oxygen atoms in total. The fourth-order valence-corrected chi connectivity index (χ4v) is 13.1. The maximum absolute atomic E-state index is 13.6. The Morgan fingerprint density at radius 2 is 1.27 bits per heavy atom. The fourth-order valence-electron chi connectivity index (χ4n) is 6.50. The van der Waals surface area contributed by atoms with Gasteiger partial charge in [-0.05, 0) is 59.1 Å². The van der Waals surface area contributed by atoms with Crippen LogP contribution in [0.4, 0.5) is 0 Å². The molecule has 0 atom stereocenters. The van der Waals surface area contributed by atoms with E-state index in [-0.39, 0.29) is 21.5 Å². The molecule has 3 aromatic carbocycles. The fraction of sp³-hybridized carbons (Fsp3) is 0.257. The lowest BCUT2D eigenvalue weighted by Crippen LogP contribution is -2.47. The Morgan fingerprint density at radius 3 is 1.84 bits per heavy atom. The van der Waals surface area contributed by atoms with E-state index in [0.717, 1.165) is 10.3 Å². The van der Waals surface area contributed by atoms with Crippen LogP contribution in [0.15, 0.2) is 108 Å². The van der Waals surface area contributed by atoms with Gasteiger partial charge in [0.2, 0.25) is 0 Å². The number of fused-ring (bicyclic) bond motifs is 2. The van der Waals surface area contributed by atoms with Crippen LogP contribution in [-0.4, -0.2) is 37.4 Å². The van der Waals surface area contributed by atoms with Crippen molar-refractivity contribution in [1.29, 1.82) is 0 Å². The summed E-state index contributed by atoms with van der Waals surface area (Å²) >= 11 is 0. The minimum absolute atomic E-state index is 0.187. The molecule has 2 heterocycles. The van der Waals surface area contributed by atoms with E-state index < -0.39 is 30.2 Å². The van der Waals surface area contributed by atoms with Crippen molar-refractivity contribution in [3.63, 3.8) is 0 Å². The van der Waals surface area contributed by atoms with E-state index in [1.54, 1.807) is 85.1 Å². The molecule has 0 saturated heterocycles. The number of aromatic nitrogens is 1. The molecule has 1 aromatic heterocycles. The van der Waals surface area contributed by atoms with Crippen molar-refractivity contribution >= 4 is 47.1 Å². The zero-order valence-electron chi connectivity index (χ0n) is 25.9. The van der Waals surface area contributed by atoms with Gasteiger partial charge in [-0.15, -0.1) is 0 Å². The molecule has 44 heavy (non-hydrogen) atoms. The van der Waals surface area contributed by atoms with Crippen LogP contribution in [0.3, 0.4) is 0 Å². The quantitative estimate of drug-likeness (QED) is 0.0766. The van der Waals surface area contributed by atoms with Crippen LogP contribution < -0.4 is 0 Å². The van der Waals surface area contributed by atoms with Crippen LogP contribution in [0.2, 0.25) is 16.6 Å². The normalized spacial score (nSPS) is 14.6. The molecule has 1 aliphatic rings. The topological polar surface area (TPSA) is 85.7 Å². The number of amides is 2. The average Bonchev–Trinajstić information content (AvgIpc) is 3.50. The largest absolute Gasteiger partial charge is 0.542 e. The number of imide groups is 1. The van der Waals surface area contributed by atoms with Gasteiger partial charge in [0.25, 0.3) is 30.2 Å². The molecule has 2 amide bonds. The van der Waals surface area contributed by atoms with Gasteiger partial charge in [0.15, 0.2) is 0 Å². The van der Waals surface area contributed by atoms with Gasteiger partial charge < -0.3 is 4.43 Å². The Labute approximate surface area is 260 Å². The highest BCUT2D eigenvalue weighted by atomic mass is 32.2. The zero-order chi connectivity index (χ0) is 31.8. The molecule has 0 fully saturated rings. The average molecular weight is 627 g/mol. The summed E-state index contributed by atoms with van der Waals surface area (Å²) in [6.45, 7) is 13.0. The summed E-state index contributed by atoms with van der Waals surface area (Å²) < 4.78 is 35.6. The summed E-state index contributed by atoms with van der Waals surface area (Å²) in [4.78, 5) is 28.0. The smallest absolute Gasteiger partial charge is 0.268 e. The minimum Gasteiger partial charge on any atom is -0.542 e. The van der Waals surface area contributed by atoms with Crippen molar-refractivity contribution in [2.24, 2.45) is 0 Å². The van der Waals surface area contributed by atoms with Crippen molar-refractivity contribution in [3.8, 4) is 0 Å². The lowest BCUT2D eigenvalue weighted by molar-refractivity contribution is 0.0716. The third-order valence-corrected chi connectivity index (χ3v) is 16.2. The predicted molar refractivity (Wildman–Crippen MR) is 177 cm³/mol. The number of nitrogens with zero attached hydrogens (tertiary/aromatic N) is 2. The Balaban J connectivity index is 1.64. The molecule has 0 spiro atoms. The SMILES string of the molecule is CC(C)[Si](OC(=C\N1C(=O)c2ccccc2C1=O)/C=C/c1cn(S(=O)(=O)c2ccccc2)c2ccccc12)(C(C)C)C(C)C. The number of rotatable bonds is 10. The molecule has 9 heteroatoms. The van der Waals surface area contributed by atoms with Gasteiger partial charge in [-0.3, -0.25) is 9.59 Å². The third-order valence-electron chi connectivity index (χ3n) is 8.52. The molecular weight excluding hydrogens is 589 g/mol. The highest BCUT2D eigenvalue weighted by Crippen LogP contribution is 2.44. The van der Waals surface area contributed by atoms with E-state index in [0.29, 0.717) is 28.0 Å². The van der Waals surface area contributed by atoms with Gasteiger partial charge in [-0.25, -0.2) is 17.3 Å². The molecule has 0 aliphatic carbocycles. The Morgan fingerprint density at radius 1 is 0.750 bits per heavy atom. The van der Waals surface area contributed by atoms with Crippen molar-refractivity contribution < 1.29 is 22.4 Å². The standard InChI is InChI=1S/C35H38N2O5SSi/c1-24(2)44(25(3)4,26(5)6)42-28(23-36-34(38)31-17-10-11-18-32(31)35(36)39)21-20-27-22-37(33-19-13-12-16-30(27)33)43(40,41)29-14-8-7-9-15-29/h7-26H,1-6H3/b21-20+,28-23-. The number of hydrogen-bond acceptors (Lipinski definition) is 5. The maximum Gasteiger partial charge on any atom is 0.268 e. The van der Waals surface area contributed by atoms with Crippen molar-refractivity contribution in [2.45, 2.75) is 63.1 Å². The summed E-state index contributed by atoms with van der Waals surface area (Å²) in [5, 5.41) is 0.739. The number of allylic oxidation sites excluding steroid dienone is 1. The monoisotopic (exact) mass is 626 g/mol. The molecule has 0 N–H and O–H groups in total. The van der Waals surface area contributed by atoms with Crippen LogP contribution in [0.25, 0.3) is 17.0 Å². The van der Waals surface area contributed by atoms with Crippen LogP contribution in [0.1, 0.15) is 67.8 Å². The molecule has 5 rings (SSSR count). The first-order chi connectivity index (χ1) is 20.9. The first-order valence-corrected chi connectivity index (χ1v) is 18.4. The van der Waals surface area contributed by atoms with E-state index in [9.17, 15) is 18.0 Å². The van der Waals surface area contributed by atoms with E-state index >= 15 is 0 Å². The molecule has 228 valence electrons. The summed E-state index contributed by atoms with van der Waals surface area (Å²) in [5.41, 5.74) is 2.61. The van der Waals surface area contributed by atoms with E-state index in [1.807, 2.05) is 12.1 Å². The second-order valence-corrected chi connectivity index (χ2v) is 19.2. The second-order valence-electron chi connectivity index (χ2n) is 12.0. The van der Waals surface area contributed by atoms with Gasteiger partial charge >= 0.3 is 0 Å². The number of benzene rings is 3. The Hall–Kier alpha value is -4.21. The maximum atomic E-state index is 13.6. The van der Waals surface area contributed by atoms with Crippen LogP contribution in [0, 0.1) is 0 Å². The molecule has 0 radical (unpaired) electrons. The van der Waals surface area contributed by atoms with Crippen molar-refractivity contribution in [1.82, 2.24) is 8.87 Å². The first-order valence-electron chi connectivity index (χ1n) is 14.9. The van der Waals surface area contributed by atoms with E-state index in [1.165, 1.54) is 10.2 Å². The van der Waals surface area contributed by atoms with E-state index in [4.69, 9.17) is 4.43 Å². The Bertz CT molecular complexity index is 1830. The van der Waals surface area contributed by atoms with E-state index in [2.05, 4.69) is 41.5 Å². The highest BCUT2D eigenvalue weighted by Gasteiger charge is 2.47. The minimum atomic E-state index is -3.86. The van der Waals surface area contributed by atoms with Gasteiger partial charge in [-0.1, -0.05) is 90.1 Å². The number of para-hydroxylation sites is 1. The first kappa shape index (κ1) is 31.2. The number of carbonyl (C=O) groups is 2. The molecule has 4 aromatic rings. The molecule has 0 unspecified atom stereocenters. The van der Waals surface area contributed by atoms with Crippen molar-refractivity contribution in [2.75, 3.05) is 0 Å². The summed E-state index contributed by atoms with van der Waals surface area (Å²) in [7, 11) is -6.38.